The molecule has 2 saturated heterocycles. The number of ether oxygens (including phenoxy) is 2. The van der Waals surface area contributed by atoms with Crippen LogP contribution >= 0.6 is 0 Å². The molecule has 3 aromatic rings. The van der Waals surface area contributed by atoms with Crippen LogP contribution in [0, 0.1) is 12.3 Å². The standard InChI is InChI=1S/C23H29N7O3/c1-14-9-20(28-27-14)25-21-16-10-18(32-3)19(33-4)11-17(16)24-22(26-21)30-12-23(13-30)5-7-29(8-6-23)15(2)31/h9-11H,5-8,12-13H2,1-4H3,(H2,24,25,26,27,28). The van der Waals surface area contributed by atoms with Crippen molar-refractivity contribution in [3.05, 3.63) is 23.9 Å². The van der Waals surface area contributed by atoms with E-state index in [-0.39, 0.29) is 11.3 Å². The number of anilines is 3. The number of nitrogens with one attached hydrogen (secondary N) is 2. The molecule has 0 bridgehead atoms. The molecule has 10 heteroatoms. The molecule has 0 radical (unpaired) electrons. The van der Waals surface area contributed by atoms with Crippen molar-refractivity contribution in [2.24, 2.45) is 5.41 Å². The number of carbonyl (C=O) groups is 1. The molecule has 4 heterocycles. The molecule has 2 fully saturated rings. The highest BCUT2D eigenvalue weighted by Crippen LogP contribution is 2.43. The number of likely N-dealkylation sites (tertiary alicyclic amines) is 1. The molecule has 0 atom stereocenters. The number of hydrogen-bond donors (Lipinski definition) is 2. The Bertz CT molecular complexity index is 1190. The Morgan fingerprint density at radius 2 is 1.79 bits per heavy atom. The van der Waals surface area contributed by atoms with E-state index in [0.717, 1.165) is 55.6 Å². The van der Waals surface area contributed by atoms with Crippen LogP contribution < -0.4 is 19.7 Å². The normalized spacial score (nSPS) is 17.2. The Labute approximate surface area is 192 Å². The number of H-pyrrole nitrogens is 1. The minimum Gasteiger partial charge on any atom is -0.493 e. The summed E-state index contributed by atoms with van der Waals surface area (Å²) in [6, 6.07) is 5.69. The zero-order valence-electron chi connectivity index (χ0n) is 19.4. The van der Waals surface area contributed by atoms with Crippen LogP contribution in [0.15, 0.2) is 18.2 Å². The third-order valence-corrected chi connectivity index (χ3v) is 6.75. The summed E-state index contributed by atoms with van der Waals surface area (Å²) >= 11 is 0. The van der Waals surface area contributed by atoms with Crippen LogP contribution in [0.4, 0.5) is 17.6 Å². The summed E-state index contributed by atoms with van der Waals surface area (Å²) in [6.45, 7) is 7.02. The van der Waals surface area contributed by atoms with Gasteiger partial charge in [0.2, 0.25) is 11.9 Å². The lowest BCUT2D eigenvalue weighted by atomic mass is 9.72. The minimum atomic E-state index is 0.160. The van der Waals surface area contributed by atoms with Crippen LogP contribution in [0.25, 0.3) is 10.9 Å². The van der Waals surface area contributed by atoms with Gasteiger partial charge >= 0.3 is 0 Å². The second kappa shape index (κ2) is 8.09. The van der Waals surface area contributed by atoms with E-state index >= 15 is 0 Å². The van der Waals surface area contributed by atoms with Crippen LogP contribution in [-0.4, -0.2) is 71.4 Å². The molecule has 2 aliphatic rings. The molecule has 33 heavy (non-hydrogen) atoms. The first-order valence-corrected chi connectivity index (χ1v) is 11.1. The fourth-order valence-corrected chi connectivity index (χ4v) is 4.80. The van der Waals surface area contributed by atoms with Gasteiger partial charge in [-0.25, -0.2) is 4.98 Å². The van der Waals surface area contributed by atoms with Gasteiger partial charge in [0.05, 0.1) is 19.7 Å². The summed E-state index contributed by atoms with van der Waals surface area (Å²) in [6.07, 6.45) is 2.03. The Morgan fingerprint density at radius 3 is 2.39 bits per heavy atom. The molecular weight excluding hydrogens is 422 g/mol. The van der Waals surface area contributed by atoms with E-state index in [1.54, 1.807) is 21.1 Å². The summed E-state index contributed by atoms with van der Waals surface area (Å²) < 4.78 is 11.0. The predicted molar refractivity (Wildman–Crippen MR) is 125 cm³/mol. The first-order valence-electron chi connectivity index (χ1n) is 11.1. The zero-order chi connectivity index (χ0) is 23.2. The zero-order valence-corrected chi connectivity index (χ0v) is 19.4. The van der Waals surface area contributed by atoms with Crippen molar-refractivity contribution in [3.63, 3.8) is 0 Å². The smallest absolute Gasteiger partial charge is 0.227 e. The van der Waals surface area contributed by atoms with E-state index in [0.29, 0.717) is 29.1 Å². The topological polar surface area (TPSA) is 108 Å². The van der Waals surface area contributed by atoms with Crippen molar-refractivity contribution < 1.29 is 14.3 Å². The Morgan fingerprint density at radius 1 is 1.09 bits per heavy atom. The average molecular weight is 452 g/mol. The number of aromatic nitrogens is 4. The Balaban J connectivity index is 1.46. The lowest BCUT2D eigenvalue weighted by Crippen LogP contribution is -2.61. The molecule has 2 aromatic heterocycles. The molecule has 0 aliphatic carbocycles. The highest BCUT2D eigenvalue weighted by molar-refractivity contribution is 5.94. The van der Waals surface area contributed by atoms with E-state index < -0.39 is 0 Å². The molecule has 0 unspecified atom stereocenters. The molecule has 174 valence electrons. The molecule has 0 saturated carbocycles. The van der Waals surface area contributed by atoms with Crippen molar-refractivity contribution in [3.8, 4) is 11.5 Å². The molecule has 10 nitrogen and oxygen atoms in total. The van der Waals surface area contributed by atoms with E-state index in [1.807, 2.05) is 30.0 Å². The molecule has 5 rings (SSSR count). The maximum Gasteiger partial charge on any atom is 0.227 e. The number of aromatic amines is 1. The number of rotatable bonds is 5. The van der Waals surface area contributed by atoms with Gasteiger partial charge in [-0.1, -0.05) is 0 Å². The van der Waals surface area contributed by atoms with Crippen LogP contribution in [0.5, 0.6) is 11.5 Å². The first-order chi connectivity index (χ1) is 15.9. The summed E-state index contributed by atoms with van der Waals surface area (Å²) in [4.78, 5) is 25.5. The quantitative estimate of drug-likeness (QED) is 0.610. The number of amides is 1. The van der Waals surface area contributed by atoms with E-state index in [4.69, 9.17) is 19.4 Å². The number of fused-ring (bicyclic) bond motifs is 1. The van der Waals surface area contributed by atoms with E-state index in [2.05, 4.69) is 20.4 Å². The number of aryl methyl sites for hydroxylation is 1. The van der Waals surface area contributed by atoms with E-state index in [1.165, 1.54) is 0 Å². The third kappa shape index (κ3) is 3.90. The lowest BCUT2D eigenvalue weighted by molar-refractivity contribution is -0.131. The Hall–Kier alpha value is -3.56. The monoisotopic (exact) mass is 451 g/mol. The SMILES string of the molecule is COc1cc2nc(N3CC4(CCN(C(C)=O)CC4)C3)nc(Nc3cc(C)[nH]n3)c2cc1OC. The summed E-state index contributed by atoms with van der Waals surface area (Å²) in [5, 5.41) is 11.4. The highest BCUT2D eigenvalue weighted by atomic mass is 16.5. The third-order valence-electron chi connectivity index (χ3n) is 6.75. The second-order valence-electron chi connectivity index (χ2n) is 9.02. The minimum absolute atomic E-state index is 0.160. The summed E-state index contributed by atoms with van der Waals surface area (Å²) in [5.41, 5.74) is 1.95. The van der Waals surface area contributed by atoms with Crippen molar-refractivity contribution in [2.45, 2.75) is 26.7 Å². The summed E-state index contributed by atoms with van der Waals surface area (Å²) in [5.74, 6) is 3.41. The van der Waals surface area contributed by atoms with Gasteiger partial charge in [0.1, 0.15) is 5.82 Å². The van der Waals surface area contributed by atoms with Crippen molar-refractivity contribution in [1.29, 1.82) is 0 Å². The van der Waals surface area contributed by atoms with Gasteiger partial charge in [-0.2, -0.15) is 10.1 Å². The molecular formula is C23H29N7O3. The van der Waals surface area contributed by atoms with Crippen LogP contribution in [0.3, 0.4) is 0 Å². The number of benzene rings is 1. The molecule has 1 amide bonds. The van der Waals surface area contributed by atoms with Gasteiger partial charge < -0.3 is 24.6 Å². The Kier molecular flexibility index (Phi) is 5.22. The number of methoxy groups -OCH3 is 2. The van der Waals surface area contributed by atoms with Gasteiger partial charge in [0.15, 0.2) is 17.3 Å². The second-order valence-corrected chi connectivity index (χ2v) is 9.02. The fraction of sp³-hybridized carbons (Fsp3) is 0.478. The maximum atomic E-state index is 11.7. The first kappa shape index (κ1) is 21.3. The molecule has 1 aromatic carbocycles. The van der Waals surface area contributed by atoms with Gasteiger partial charge in [-0.15, -0.1) is 0 Å². The molecule has 2 N–H and O–H groups in total. The van der Waals surface area contributed by atoms with E-state index in [9.17, 15) is 4.79 Å². The fourth-order valence-electron chi connectivity index (χ4n) is 4.80. The molecule has 1 spiro atoms. The largest absolute Gasteiger partial charge is 0.493 e. The summed E-state index contributed by atoms with van der Waals surface area (Å²) in [7, 11) is 3.23. The number of piperidine rings is 1. The highest BCUT2D eigenvalue weighted by Gasteiger charge is 2.46. The van der Waals surface area contributed by atoms with Gasteiger partial charge in [-0.3, -0.25) is 9.89 Å². The average Bonchev–Trinajstić information content (AvgIpc) is 3.20. The van der Waals surface area contributed by atoms with Crippen LogP contribution in [0.2, 0.25) is 0 Å². The van der Waals surface area contributed by atoms with Gasteiger partial charge in [0.25, 0.3) is 0 Å². The maximum absolute atomic E-state index is 11.7. The van der Waals surface area contributed by atoms with Crippen molar-refractivity contribution in [1.82, 2.24) is 25.1 Å². The number of hydrogen-bond acceptors (Lipinski definition) is 8. The van der Waals surface area contributed by atoms with Crippen LogP contribution in [0.1, 0.15) is 25.5 Å². The van der Waals surface area contributed by atoms with Crippen molar-refractivity contribution in [2.75, 3.05) is 50.6 Å². The predicted octanol–water partition coefficient (Wildman–Crippen LogP) is 2.87. The van der Waals surface area contributed by atoms with Gasteiger partial charge in [0, 0.05) is 61.7 Å². The number of nitrogens with zero attached hydrogens (tertiary/aromatic N) is 5. The van der Waals surface area contributed by atoms with Crippen LogP contribution in [-0.2, 0) is 4.79 Å². The molecule has 2 aliphatic heterocycles. The number of carbonyl (C=O) groups excluding carboxylic acids is 1. The van der Waals surface area contributed by atoms with Crippen molar-refractivity contribution >= 4 is 34.4 Å². The van der Waals surface area contributed by atoms with Gasteiger partial charge in [-0.05, 0) is 25.8 Å². The lowest BCUT2D eigenvalue weighted by Gasteiger charge is -2.53.